The first-order chi connectivity index (χ1) is 10.7. The molecule has 3 aromatic rings. The molecule has 0 aliphatic heterocycles. The Kier molecular flexibility index (Phi) is 4.35. The van der Waals surface area contributed by atoms with Gasteiger partial charge in [0.2, 0.25) is 0 Å². The summed E-state index contributed by atoms with van der Waals surface area (Å²) in [5.41, 5.74) is 1.66. The second kappa shape index (κ2) is 6.58. The molecule has 3 heteroatoms. The van der Waals surface area contributed by atoms with E-state index in [2.05, 4.69) is 15.9 Å². The summed E-state index contributed by atoms with van der Waals surface area (Å²) < 4.78 is 6.77. The van der Waals surface area contributed by atoms with E-state index in [1.165, 1.54) is 6.08 Å². The lowest BCUT2D eigenvalue weighted by molar-refractivity contribution is 0.104. The van der Waals surface area contributed by atoms with Gasteiger partial charge in [-0.15, -0.1) is 0 Å². The molecular formula is C19H13BrO2. The molecule has 0 N–H and O–H groups in total. The molecule has 0 radical (unpaired) electrons. The highest BCUT2D eigenvalue weighted by atomic mass is 79.9. The zero-order valence-electron chi connectivity index (χ0n) is 11.7. The van der Waals surface area contributed by atoms with E-state index in [4.69, 9.17) is 4.42 Å². The summed E-state index contributed by atoms with van der Waals surface area (Å²) in [4.78, 5) is 12.0. The highest BCUT2D eigenvalue weighted by Crippen LogP contribution is 2.24. The van der Waals surface area contributed by atoms with Gasteiger partial charge in [0.1, 0.15) is 11.5 Å². The van der Waals surface area contributed by atoms with Crippen LogP contribution in [-0.2, 0) is 0 Å². The van der Waals surface area contributed by atoms with Crippen LogP contribution in [0, 0.1) is 0 Å². The molecule has 0 fully saturated rings. The lowest BCUT2D eigenvalue weighted by atomic mass is 10.1. The van der Waals surface area contributed by atoms with E-state index < -0.39 is 0 Å². The van der Waals surface area contributed by atoms with E-state index in [0.717, 1.165) is 15.8 Å². The number of allylic oxidation sites excluding steroid dienone is 1. The second-order valence-electron chi connectivity index (χ2n) is 4.77. The predicted molar refractivity (Wildman–Crippen MR) is 91.7 cm³/mol. The average Bonchev–Trinajstić information content (AvgIpc) is 3.03. The average molecular weight is 353 g/mol. The molecule has 2 nitrogen and oxygen atoms in total. The fourth-order valence-corrected chi connectivity index (χ4v) is 2.33. The van der Waals surface area contributed by atoms with E-state index in [1.807, 2.05) is 54.6 Å². The van der Waals surface area contributed by atoms with Crippen LogP contribution in [0.25, 0.3) is 17.4 Å². The van der Waals surface area contributed by atoms with Crippen molar-refractivity contribution in [3.63, 3.8) is 0 Å². The molecule has 0 atom stereocenters. The van der Waals surface area contributed by atoms with Crippen LogP contribution in [0.5, 0.6) is 0 Å². The van der Waals surface area contributed by atoms with Gasteiger partial charge in [0.25, 0.3) is 0 Å². The monoisotopic (exact) mass is 352 g/mol. The van der Waals surface area contributed by atoms with Gasteiger partial charge in [-0.05, 0) is 36.4 Å². The lowest BCUT2D eigenvalue weighted by Gasteiger charge is -1.96. The Morgan fingerprint density at radius 3 is 2.36 bits per heavy atom. The summed E-state index contributed by atoms with van der Waals surface area (Å²) >= 11 is 3.41. The van der Waals surface area contributed by atoms with Crippen LogP contribution in [0.2, 0.25) is 0 Å². The minimum atomic E-state index is -0.0396. The summed E-state index contributed by atoms with van der Waals surface area (Å²) in [6.45, 7) is 0. The van der Waals surface area contributed by atoms with Crippen LogP contribution in [0.1, 0.15) is 16.1 Å². The van der Waals surface area contributed by atoms with Crippen molar-refractivity contribution in [1.82, 2.24) is 0 Å². The van der Waals surface area contributed by atoms with Crippen molar-refractivity contribution < 1.29 is 9.21 Å². The molecule has 1 heterocycles. The number of hydrogen-bond donors (Lipinski definition) is 0. The Balaban J connectivity index is 1.75. The normalized spacial score (nSPS) is 11.0. The fourth-order valence-electron chi connectivity index (χ4n) is 2.07. The molecule has 0 saturated carbocycles. The van der Waals surface area contributed by atoms with Gasteiger partial charge in [-0.1, -0.05) is 58.4 Å². The molecule has 108 valence electrons. The molecule has 22 heavy (non-hydrogen) atoms. The lowest BCUT2D eigenvalue weighted by Crippen LogP contribution is -1.92. The number of benzene rings is 2. The summed E-state index contributed by atoms with van der Waals surface area (Å²) in [6.07, 6.45) is 3.22. The first-order valence-electron chi connectivity index (χ1n) is 6.85. The maximum atomic E-state index is 12.0. The Labute approximate surface area is 137 Å². The van der Waals surface area contributed by atoms with Crippen LogP contribution in [-0.4, -0.2) is 5.78 Å². The van der Waals surface area contributed by atoms with Crippen molar-refractivity contribution in [3.8, 4) is 11.3 Å². The van der Waals surface area contributed by atoms with Gasteiger partial charge in [0.15, 0.2) is 5.78 Å². The zero-order valence-corrected chi connectivity index (χ0v) is 13.3. The third kappa shape index (κ3) is 3.43. The molecule has 3 rings (SSSR count). The predicted octanol–water partition coefficient (Wildman–Crippen LogP) is 5.61. The molecule has 0 aliphatic carbocycles. The van der Waals surface area contributed by atoms with Crippen molar-refractivity contribution in [1.29, 1.82) is 0 Å². The molecule has 0 amide bonds. The second-order valence-corrected chi connectivity index (χ2v) is 5.69. The molecule has 0 spiro atoms. The number of hydrogen-bond acceptors (Lipinski definition) is 2. The third-order valence-electron chi connectivity index (χ3n) is 3.21. The maximum Gasteiger partial charge on any atom is 0.185 e. The highest BCUT2D eigenvalue weighted by Gasteiger charge is 2.04. The van der Waals surface area contributed by atoms with Gasteiger partial charge in [-0.2, -0.15) is 0 Å². The van der Waals surface area contributed by atoms with E-state index >= 15 is 0 Å². The van der Waals surface area contributed by atoms with E-state index in [9.17, 15) is 4.79 Å². The number of rotatable bonds is 4. The molecule has 1 aromatic heterocycles. The SMILES string of the molecule is O=C(C=Cc1ccc(-c2ccc(Br)cc2)o1)c1ccccc1. The largest absolute Gasteiger partial charge is 0.457 e. The Morgan fingerprint density at radius 2 is 1.64 bits per heavy atom. The highest BCUT2D eigenvalue weighted by molar-refractivity contribution is 9.10. The number of furan rings is 1. The van der Waals surface area contributed by atoms with E-state index in [-0.39, 0.29) is 5.78 Å². The maximum absolute atomic E-state index is 12.0. The summed E-state index contributed by atoms with van der Waals surface area (Å²) in [5.74, 6) is 1.39. The third-order valence-corrected chi connectivity index (χ3v) is 3.74. The topological polar surface area (TPSA) is 30.2 Å². The summed E-state index contributed by atoms with van der Waals surface area (Å²) in [7, 11) is 0. The Hall–Kier alpha value is -2.39. The number of ketones is 1. The van der Waals surface area contributed by atoms with Gasteiger partial charge in [0.05, 0.1) is 0 Å². The number of carbonyl (C=O) groups is 1. The van der Waals surface area contributed by atoms with Gasteiger partial charge >= 0.3 is 0 Å². The van der Waals surface area contributed by atoms with Gasteiger partial charge in [-0.3, -0.25) is 4.79 Å². The van der Waals surface area contributed by atoms with Crippen molar-refractivity contribution in [2.45, 2.75) is 0 Å². The smallest absolute Gasteiger partial charge is 0.185 e. The van der Waals surface area contributed by atoms with Crippen LogP contribution in [0.3, 0.4) is 0 Å². The molecule has 0 aliphatic rings. The van der Waals surface area contributed by atoms with Crippen molar-refractivity contribution >= 4 is 27.8 Å². The van der Waals surface area contributed by atoms with Gasteiger partial charge in [0, 0.05) is 15.6 Å². The molecule has 0 bridgehead atoms. The van der Waals surface area contributed by atoms with Crippen molar-refractivity contribution in [2.24, 2.45) is 0 Å². The molecule has 0 unspecified atom stereocenters. The quantitative estimate of drug-likeness (QED) is 0.451. The van der Waals surface area contributed by atoms with Crippen molar-refractivity contribution in [3.05, 3.63) is 88.6 Å². The van der Waals surface area contributed by atoms with Crippen LogP contribution in [0.4, 0.5) is 0 Å². The molecule has 2 aromatic carbocycles. The summed E-state index contributed by atoms with van der Waals surface area (Å²) in [5, 5.41) is 0. The van der Waals surface area contributed by atoms with Crippen LogP contribution >= 0.6 is 15.9 Å². The van der Waals surface area contributed by atoms with Crippen molar-refractivity contribution in [2.75, 3.05) is 0 Å². The summed E-state index contributed by atoms with van der Waals surface area (Å²) in [6, 6.07) is 20.8. The number of halogens is 1. The van der Waals surface area contributed by atoms with E-state index in [0.29, 0.717) is 11.3 Å². The van der Waals surface area contributed by atoms with Gasteiger partial charge in [-0.25, -0.2) is 0 Å². The fraction of sp³-hybridized carbons (Fsp3) is 0. The minimum absolute atomic E-state index is 0.0396. The van der Waals surface area contributed by atoms with E-state index in [1.54, 1.807) is 18.2 Å². The molecule has 0 saturated heterocycles. The standard InChI is InChI=1S/C19H13BrO2/c20-16-8-6-15(7-9-16)19-13-11-17(22-19)10-12-18(21)14-4-2-1-3-5-14/h1-13H. The first-order valence-corrected chi connectivity index (χ1v) is 7.65. The van der Waals surface area contributed by atoms with Crippen LogP contribution < -0.4 is 0 Å². The first kappa shape index (κ1) is 14.5. The Morgan fingerprint density at radius 1 is 0.909 bits per heavy atom. The number of carbonyl (C=O) groups excluding carboxylic acids is 1. The Bertz CT molecular complexity index is 799. The molecular weight excluding hydrogens is 340 g/mol. The zero-order chi connectivity index (χ0) is 15.4. The van der Waals surface area contributed by atoms with Gasteiger partial charge < -0.3 is 4.42 Å². The minimum Gasteiger partial charge on any atom is -0.457 e. The van der Waals surface area contributed by atoms with Crippen LogP contribution in [0.15, 0.2) is 81.7 Å².